The average molecular weight is 131 g/mol. The lowest BCUT2D eigenvalue weighted by Gasteiger charge is -1.92. The molecule has 0 aliphatic carbocycles. The first-order valence-electron chi connectivity index (χ1n) is 3.02. The summed E-state index contributed by atoms with van der Waals surface area (Å²) in [6.07, 6.45) is 1.58. The summed E-state index contributed by atoms with van der Waals surface area (Å²) in [7, 11) is 0. The Hall–Kier alpha value is -0.410. The zero-order valence-corrected chi connectivity index (χ0v) is 5.30. The van der Waals surface area contributed by atoms with Gasteiger partial charge < -0.3 is 5.11 Å². The molecule has 3 heteroatoms. The van der Waals surface area contributed by atoms with E-state index in [0.717, 1.165) is 0 Å². The predicted molar refractivity (Wildman–Crippen MR) is 31.5 cm³/mol. The molecule has 1 N–H and O–H groups in total. The van der Waals surface area contributed by atoms with Crippen molar-refractivity contribution in [3.63, 3.8) is 0 Å². The number of rotatable bonds is 5. The number of carbonyl (C=O) groups is 1. The molecule has 0 fully saturated rings. The van der Waals surface area contributed by atoms with E-state index in [2.05, 4.69) is 0 Å². The Morgan fingerprint density at radius 3 is 2.44 bits per heavy atom. The number of hydrogen-bond donors (Lipinski definition) is 1. The van der Waals surface area contributed by atoms with Gasteiger partial charge in [-0.1, -0.05) is 0 Å². The Kier molecular flexibility index (Phi) is 5.46. The van der Waals surface area contributed by atoms with Crippen LogP contribution in [0.3, 0.4) is 0 Å². The van der Waals surface area contributed by atoms with Crippen molar-refractivity contribution >= 4 is 5.78 Å². The fourth-order valence-corrected chi connectivity index (χ4v) is 0.506. The summed E-state index contributed by atoms with van der Waals surface area (Å²) in [4.78, 5) is 10.3. The Bertz CT molecular complexity index is 80.4. The zero-order valence-electron chi connectivity index (χ0n) is 5.30. The Morgan fingerprint density at radius 2 is 2.00 bits per heavy atom. The number of carbonyl (C=O) groups excluding carboxylic acids is 1. The van der Waals surface area contributed by atoms with Crippen LogP contribution in [-0.2, 0) is 9.90 Å². The van der Waals surface area contributed by atoms with Gasteiger partial charge in [-0.05, 0) is 12.8 Å². The molecular formula is C6H11O3. The van der Waals surface area contributed by atoms with Crippen molar-refractivity contribution in [1.29, 1.82) is 0 Å². The SMILES string of the molecule is [O]CC(=O)CCCCO. The number of ketones is 1. The van der Waals surface area contributed by atoms with Crippen molar-refractivity contribution in [2.45, 2.75) is 19.3 Å². The molecular weight excluding hydrogens is 120 g/mol. The molecule has 0 bridgehead atoms. The third-order valence-corrected chi connectivity index (χ3v) is 1.02. The highest BCUT2D eigenvalue weighted by atomic mass is 16.3. The summed E-state index contributed by atoms with van der Waals surface area (Å²) in [5.74, 6) is -0.261. The minimum absolute atomic E-state index is 0.103. The fraction of sp³-hybridized carbons (Fsp3) is 0.833. The van der Waals surface area contributed by atoms with Crippen molar-refractivity contribution in [3.05, 3.63) is 0 Å². The molecule has 0 aromatic rings. The van der Waals surface area contributed by atoms with Crippen molar-refractivity contribution in [1.82, 2.24) is 0 Å². The van der Waals surface area contributed by atoms with Gasteiger partial charge in [0.05, 0.1) is 0 Å². The van der Waals surface area contributed by atoms with E-state index >= 15 is 0 Å². The summed E-state index contributed by atoms with van der Waals surface area (Å²) >= 11 is 0. The van der Waals surface area contributed by atoms with E-state index in [1.54, 1.807) is 0 Å². The van der Waals surface area contributed by atoms with Crippen LogP contribution in [0.5, 0.6) is 0 Å². The topological polar surface area (TPSA) is 57.2 Å². The summed E-state index contributed by atoms with van der Waals surface area (Å²) in [6.45, 7) is -0.516. The third kappa shape index (κ3) is 5.46. The minimum Gasteiger partial charge on any atom is -0.396 e. The second-order valence-corrected chi connectivity index (χ2v) is 1.86. The van der Waals surface area contributed by atoms with E-state index in [1.165, 1.54) is 0 Å². The summed E-state index contributed by atoms with van der Waals surface area (Å²) < 4.78 is 0. The van der Waals surface area contributed by atoms with Crippen LogP contribution in [0.15, 0.2) is 0 Å². The molecule has 1 radical (unpaired) electrons. The standard InChI is InChI=1S/C6H11O3/c7-4-2-1-3-6(9)5-8/h7H,1-5H2. The normalized spacial score (nSPS) is 9.56. The van der Waals surface area contributed by atoms with E-state index < -0.39 is 6.61 Å². The van der Waals surface area contributed by atoms with Crippen LogP contribution in [0, 0.1) is 0 Å². The van der Waals surface area contributed by atoms with Gasteiger partial charge in [-0.15, -0.1) is 0 Å². The molecule has 0 atom stereocenters. The van der Waals surface area contributed by atoms with E-state index in [-0.39, 0.29) is 12.4 Å². The monoisotopic (exact) mass is 131 g/mol. The molecule has 53 valence electrons. The molecule has 9 heavy (non-hydrogen) atoms. The largest absolute Gasteiger partial charge is 0.396 e. The third-order valence-electron chi connectivity index (χ3n) is 1.02. The van der Waals surface area contributed by atoms with Crippen molar-refractivity contribution in [2.75, 3.05) is 13.2 Å². The van der Waals surface area contributed by atoms with Gasteiger partial charge in [-0.2, -0.15) is 0 Å². The highest BCUT2D eigenvalue weighted by molar-refractivity contribution is 5.79. The Morgan fingerprint density at radius 1 is 1.33 bits per heavy atom. The molecule has 0 spiro atoms. The lowest BCUT2D eigenvalue weighted by molar-refractivity contribution is -0.123. The molecule has 0 amide bonds. The Labute approximate surface area is 54.3 Å². The summed E-state index contributed by atoms with van der Waals surface area (Å²) in [5, 5.41) is 18.1. The predicted octanol–water partition coefficient (Wildman–Crippen LogP) is 0.149. The van der Waals surface area contributed by atoms with E-state index in [1.807, 2.05) is 0 Å². The zero-order chi connectivity index (χ0) is 7.11. The second kappa shape index (κ2) is 5.72. The molecule has 0 aromatic heterocycles. The van der Waals surface area contributed by atoms with Gasteiger partial charge in [0, 0.05) is 13.0 Å². The summed E-state index contributed by atoms with van der Waals surface area (Å²) in [5.41, 5.74) is 0. The summed E-state index contributed by atoms with van der Waals surface area (Å²) in [6, 6.07) is 0. The van der Waals surface area contributed by atoms with Gasteiger partial charge in [-0.25, -0.2) is 5.11 Å². The van der Waals surface area contributed by atoms with Gasteiger partial charge >= 0.3 is 0 Å². The molecule has 0 aliphatic rings. The number of Topliss-reactive ketones (excluding diaryl/α,β-unsaturated/α-hetero) is 1. The number of unbranched alkanes of at least 4 members (excludes halogenated alkanes) is 1. The van der Waals surface area contributed by atoms with E-state index in [0.29, 0.717) is 19.3 Å². The molecule has 0 unspecified atom stereocenters. The van der Waals surface area contributed by atoms with Crippen molar-refractivity contribution in [3.8, 4) is 0 Å². The smallest absolute Gasteiger partial charge is 0.161 e. The van der Waals surface area contributed by atoms with Crippen LogP contribution < -0.4 is 0 Å². The van der Waals surface area contributed by atoms with Crippen LogP contribution >= 0.6 is 0 Å². The second-order valence-electron chi connectivity index (χ2n) is 1.86. The molecule has 3 nitrogen and oxygen atoms in total. The van der Waals surface area contributed by atoms with Gasteiger partial charge in [0.2, 0.25) is 0 Å². The molecule has 0 aliphatic heterocycles. The Balaban J connectivity index is 2.97. The maximum atomic E-state index is 10.3. The molecule has 0 aromatic carbocycles. The first-order chi connectivity index (χ1) is 4.31. The van der Waals surface area contributed by atoms with Crippen LogP contribution in [0.2, 0.25) is 0 Å². The van der Waals surface area contributed by atoms with Gasteiger partial charge in [0.1, 0.15) is 6.61 Å². The number of hydrogen-bond acceptors (Lipinski definition) is 2. The van der Waals surface area contributed by atoms with Gasteiger partial charge in [0.15, 0.2) is 5.78 Å². The van der Waals surface area contributed by atoms with E-state index in [4.69, 9.17) is 5.11 Å². The van der Waals surface area contributed by atoms with E-state index in [9.17, 15) is 9.90 Å². The maximum Gasteiger partial charge on any atom is 0.161 e. The van der Waals surface area contributed by atoms with Crippen molar-refractivity contribution < 1.29 is 15.0 Å². The first kappa shape index (κ1) is 8.59. The molecule has 0 saturated carbocycles. The number of aliphatic hydroxyl groups excluding tert-OH is 1. The lowest BCUT2D eigenvalue weighted by Crippen LogP contribution is -2.01. The average Bonchev–Trinajstić information content (AvgIpc) is 1.89. The van der Waals surface area contributed by atoms with Crippen LogP contribution in [0.4, 0.5) is 0 Å². The lowest BCUT2D eigenvalue weighted by atomic mass is 10.2. The number of aliphatic hydroxyl groups is 1. The van der Waals surface area contributed by atoms with Crippen LogP contribution in [0.1, 0.15) is 19.3 Å². The highest BCUT2D eigenvalue weighted by Gasteiger charge is 1.97. The van der Waals surface area contributed by atoms with Crippen molar-refractivity contribution in [2.24, 2.45) is 0 Å². The maximum absolute atomic E-state index is 10.3. The van der Waals surface area contributed by atoms with Gasteiger partial charge in [0.25, 0.3) is 0 Å². The highest BCUT2D eigenvalue weighted by Crippen LogP contribution is 1.94. The molecule has 0 saturated heterocycles. The molecule has 0 rings (SSSR count). The quantitative estimate of drug-likeness (QED) is 0.540. The fourth-order valence-electron chi connectivity index (χ4n) is 0.506. The minimum atomic E-state index is -0.620. The van der Waals surface area contributed by atoms with Gasteiger partial charge in [-0.3, -0.25) is 4.79 Å². The van der Waals surface area contributed by atoms with Crippen LogP contribution in [0.25, 0.3) is 0 Å². The molecule has 0 heterocycles. The first-order valence-corrected chi connectivity index (χ1v) is 3.02. The van der Waals surface area contributed by atoms with Crippen LogP contribution in [-0.4, -0.2) is 24.1 Å².